The van der Waals surface area contributed by atoms with Crippen molar-refractivity contribution >= 4 is 33.4 Å². The molecule has 2 atom stereocenters. The fraction of sp³-hybridized carbons (Fsp3) is 0.560. The summed E-state index contributed by atoms with van der Waals surface area (Å²) in [6.07, 6.45) is 18.6. The van der Waals surface area contributed by atoms with Crippen LogP contribution in [0.25, 0.3) is 10.2 Å². The number of nitrogens with one attached hydrogen (secondary N) is 2. The molecule has 0 aromatic carbocycles. The molecule has 3 heterocycles. The van der Waals surface area contributed by atoms with E-state index >= 15 is 0 Å². The Morgan fingerprint density at radius 3 is 2.81 bits per heavy atom. The number of amides is 2. The molecule has 172 valence electrons. The molecular weight excluding hydrogens is 418 g/mol. The zero-order valence-corrected chi connectivity index (χ0v) is 19.2. The van der Waals surface area contributed by atoms with Gasteiger partial charge in [0.05, 0.1) is 10.2 Å². The lowest BCUT2D eigenvalue weighted by molar-refractivity contribution is 0.236. The van der Waals surface area contributed by atoms with Gasteiger partial charge in [0, 0.05) is 27.7 Å². The first-order chi connectivity index (χ1) is 15.7. The molecule has 4 aliphatic rings. The van der Waals surface area contributed by atoms with Crippen LogP contribution in [0.2, 0.25) is 0 Å². The highest BCUT2D eigenvalue weighted by Crippen LogP contribution is 2.64. The first kappa shape index (κ1) is 20.2. The number of allylic oxidation sites excluding steroid dienone is 3. The Labute approximate surface area is 196 Å². The van der Waals surface area contributed by atoms with Gasteiger partial charge in [0.15, 0.2) is 0 Å². The van der Waals surface area contributed by atoms with Crippen LogP contribution in [0.3, 0.4) is 0 Å². The van der Waals surface area contributed by atoms with E-state index in [9.17, 15) is 4.79 Å². The minimum Gasteiger partial charge on any atom is -0.355 e. The third-order valence-electron chi connectivity index (χ3n) is 8.03. The normalized spacial score (nSPS) is 28.3. The van der Waals surface area contributed by atoms with Gasteiger partial charge in [-0.25, -0.2) is 14.8 Å². The zero-order valence-electron chi connectivity index (χ0n) is 18.4. The quantitative estimate of drug-likeness (QED) is 0.642. The van der Waals surface area contributed by atoms with Crippen molar-refractivity contribution in [3.05, 3.63) is 41.7 Å². The van der Waals surface area contributed by atoms with Gasteiger partial charge in [-0.2, -0.15) is 0 Å². The van der Waals surface area contributed by atoms with Gasteiger partial charge < -0.3 is 15.5 Å². The van der Waals surface area contributed by atoms with Crippen LogP contribution in [0.5, 0.6) is 0 Å². The number of carbonyl (C=O) groups excluding carboxylic acids is 1. The number of rotatable bonds is 4. The maximum absolute atomic E-state index is 12.6. The van der Waals surface area contributed by atoms with E-state index in [1.54, 1.807) is 17.7 Å². The number of piperidine rings is 1. The Morgan fingerprint density at radius 2 is 2.00 bits per heavy atom. The van der Waals surface area contributed by atoms with E-state index in [0.29, 0.717) is 11.3 Å². The molecular formula is C25H35N5OS. The summed E-state index contributed by atoms with van der Waals surface area (Å²) in [5.41, 5.74) is 2.38. The summed E-state index contributed by atoms with van der Waals surface area (Å²) in [5.74, 6) is 2.49. The first-order valence-corrected chi connectivity index (χ1v) is 13.0. The Balaban J connectivity index is 0.00000137. The summed E-state index contributed by atoms with van der Waals surface area (Å²) in [6, 6.07) is 2.16. The molecule has 0 bridgehead atoms. The van der Waals surface area contributed by atoms with E-state index in [-0.39, 0.29) is 14.9 Å². The molecule has 0 radical (unpaired) electrons. The lowest BCUT2D eigenvalue weighted by Gasteiger charge is -2.33. The minimum absolute atomic E-state index is 0. The molecule has 2 aromatic heterocycles. The van der Waals surface area contributed by atoms with Crippen LogP contribution < -0.4 is 15.5 Å². The molecule has 0 spiro atoms. The molecule has 7 heteroatoms. The SMILES string of the molecule is O=C(NC1=CC2CC2(C2CCCCC2)C=C1)NC1CCN(c2ncnc3ccsc23)CC1.[HH].[HH]. The van der Waals surface area contributed by atoms with Crippen molar-refractivity contribution in [2.75, 3.05) is 18.0 Å². The number of carbonyl (C=O) groups is 1. The topological polar surface area (TPSA) is 70.2 Å². The minimum atomic E-state index is -0.0761. The van der Waals surface area contributed by atoms with Crippen LogP contribution in [0.4, 0.5) is 10.6 Å². The molecule has 3 fully saturated rings. The lowest BCUT2D eigenvalue weighted by atomic mass is 9.75. The summed E-state index contributed by atoms with van der Waals surface area (Å²) in [4.78, 5) is 23.8. The van der Waals surface area contributed by atoms with Gasteiger partial charge in [0.2, 0.25) is 0 Å². The maximum Gasteiger partial charge on any atom is 0.319 e. The van der Waals surface area contributed by atoms with Gasteiger partial charge in [-0.1, -0.05) is 31.4 Å². The van der Waals surface area contributed by atoms with Crippen molar-refractivity contribution in [3.63, 3.8) is 0 Å². The fourth-order valence-corrected chi connectivity index (χ4v) is 7.02. The van der Waals surface area contributed by atoms with E-state index in [2.05, 4.69) is 49.1 Å². The molecule has 2 saturated carbocycles. The van der Waals surface area contributed by atoms with E-state index in [1.165, 1.54) is 38.5 Å². The van der Waals surface area contributed by atoms with Gasteiger partial charge in [-0.3, -0.25) is 0 Å². The number of fused-ring (bicyclic) bond motifs is 2. The van der Waals surface area contributed by atoms with Crippen molar-refractivity contribution in [2.45, 2.75) is 57.4 Å². The predicted molar refractivity (Wildman–Crippen MR) is 133 cm³/mol. The van der Waals surface area contributed by atoms with Crippen LogP contribution in [-0.4, -0.2) is 35.1 Å². The number of thiophene rings is 1. The number of nitrogens with zero attached hydrogens (tertiary/aromatic N) is 3. The van der Waals surface area contributed by atoms with Gasteiger partial charge in [-0.15, -0.1) is 11.3 Å². The molecule has 2 N–H and O–H groups in total. The average molecular weight is 454 g/mol. The highest BCUT2D eigenvalue weighted by atomic mass is 32.1. The maximum atomic E-state index is 12.6. The van der Waals surface area contributed by atoms with Gasteiger partial charge >= 0.3 is 6.03 Å². The third-order valence-corrected chi connectivity index (χ3v) is 8.93. The van der Waals surface area contributed by atoms with E-state index in [4.69, 9.17) is 0 Å². The molecule has 2 unspecified atom stereocenters. The van der Waals surface area contributed by atoms with Crippen LogP contribution in [0.1, 0.15) is 54.2 Å². The molecule has 6 rings (SSSR count). The summed E-state index contributed by atoms with van der Waals surface area (Å²) in [5, 5.41) is 8.35. The lowest BCUT2D eigenvalue weighted by Crippen LogP contribution is -2.48. The smallest absolute Gasteiger partial charge is 0.319 e. The van der Waals surface area contributed by atoms with Gasteiger partial charge in [0.1, 0.15) is 12.1 Å². The zero-order chi connectivity index (χ0) is 21.5. The second-order valence-electron chi connectivity index (χ2n) is 9.91. The molecule has 1 aliphatic heterocycles. The second-order valence-corrected chi connectivity index (χ2v) is 10.8. The van der Waals surface area contributed by atoms with Crippen LogP contribution >= 0.6 is 11.3 Å². The van der Waals surface area contributed by atoms with Crippen molar-refractivity contribution in [1.29, 1.82) is 0 Å². The molecule has 1 saturated heterocycles. The highest BCUT2D eigenvalue weighted by Gasteiger charge is 2.56. The van der Waals surface area contributed by atoms with Gasteiger partial charge in [0.25, 0.3) is 0 Å². The third kappa shape index (κ3) is 3.70. The Morgan fingerprint density at radius 1 is 1.16 bits per heavy atom. The largest absolute Gasteiger partial charge is 0.355 e. The summed E-state index contributed by atoms with van der Waals surface area (Å²) < 4.78 is 1.15. The summed E-state index contributed by atoms with van der Waals surface area (Å²) >= 11 is 1.69. The van der Waals surface area contributed by atoms with Gasteiger partial charge in [-0.05, 0) is 66.9 Å². The molecule has 32 heavy (non-hydrogen) atoms. The number of hydrogen-bond donors (Lipinski definition) is 2. The number of anilines is 1. The molecule has 3 aliphatic carbocycles. The van der Waals surface area contributed by atoms with Crippen LogP contribution in [0, 0.1) is 17.3 Å². The van der Waals surface area contributed by atoms with Crippen LogP contribution in [0.15, 0.2) is 41.7 Å². The summed E-state index contributed by atoms with van der Waals surface area (Å²) in [6.45, 7) is 1.78. The number of hydrogen-bond acceptors (Lipinski definition) is 5. The predicted octanol–water partition coefficient (Wildman–Crippen LogP) is 5.49. The molecule has 6 nitrogen and oxygen atoms in total. The van der Waals surface area contributed by atoms with Crippen molar-refractivity contribution in [2.24, 2.45) is 17.3 Å². The monoisotopic (exact) mass is 453 g/mol. The molecule has 2 amide bonds. The van der Waals surface area contributed by atoms with Crippen molar-refractivity contribution < 1.29 is 7.65 Å². The van der Waals surface area contributed by atoms with E-state index in [0.717, 1.165) is 53.6 Å². The second kappa shape index (κ2) is 8.18. The number of aromatic nitrogens is 2. The highest BCUT2D eigenvalue weighted by molar-refractivity contribution is 7.17. The fourth-order valence-electron chi connectivity index (χ4n) is 6.16. The Bertz CT molecular complexity index is 1070. The molecule has 2 aromatic rings. The number of urea groups is 1. The Kier molecular flexibility index (Phi) is 5.17. The Hall–Kier alpha value is -2.41. The summed E-state index contributed by atoms with van der Waals surface area (Å²) in [7, 11) is 0. The van der Waals surface area contributed by atoms with E-state index in [1.807, 2.05) is 6.07 Å². The van der Waals surface area contributed by atoms with Crippen molar-refractivity contribution in [3.8, 4) is 0 Å². The van der Waals surface area contributed by atoms with E-state index < -0.39 is 0 Å². The van der Waals surface area contributed by atoms with Crippen molar-refractivity contribution in [1.82, 2.24) is 20.6 Å². The van der Waals surface area contributed by atoms with Crippen LogP contribution in [-0.2, 0) is 0 Å². The standard InChI is InChI=1S/C25H31N5OS.2H2/c31-24(29-20-6-10-25(15-18(25)14-20)17-4-2-1-3-5-17)28-19-7-11-30(12-8-19)23-22-21(9-13-32-22)26-16-27-23;;/h6,9-10,13-14,16-19H,1-5,7-8,11-12,15H2,(H2,28,29,31);2*1H. The average Bonchev–Trinajstić information content (AvgIpc) is 3.36. The first-order valence-electron chi connectivity index (χ1n) is 12.1.